The number of ether oxygens (including phenoxy) is 1. The molecule has 2 aromatic carbocycles. The zero-order valence-corrected chi connectivity index (χ0v) is 27.8. The average molecular weight is 696 g/mol. The topological polar surface area (TPSA) is 92.2 Å². The third-order valence-electron chi connectivity index (χ3n) is 9.89. The van der Waals surface area contributed by atoms with Gasteiger partial charge in [0.25, 0.3) is 0 Å². The van der Waals surface area contributed by atoms with Gasteiger partial charge in [0.2, 0.25) is 11.6 Å². The number of alkyl halides is 2. The van der Waals surface area contributed by atoms with Gasteiger partial charge in [0, 0.05) is 47.4 Å². The molecule has 2 aromatic heterocycles. The maximum Gasteiger partial charge on any atom is 0.319 e. The molecule has 48 heavy (non-hydrogen) atoms. The first-order valence-electron chi connectivity index (χ1n) is 15.8. The fourth-order valence-electron chi connectivity index (χ4n) is 7.65. The van der Waals surface area contributed by atoms with Crippen molar-refractivity contribution in [1.29, 1.82) is 0 Å². The molecule has 4 aromatic rings. The molecule has 250 valence electrons. The van der Waals surface area contributed by atoms with Crippen molar-refractivity contribution in [3.05, 3.63) is 59.2 Å². The van der Waals surface area contributed by atoms with Crippen LogP contribution in [0.15, 0.2) is 36.9 Å². The zero-order valence-electron chi connectivity index (χ0n) is 26.2. The molecule has 4 unspecified atom stereocenters. The number of likely N-dealkylation sites (tertiary alicyclic amines) is 1. The number of benzene rings is 2. The molecule has 0 radical (unpaired) electrons. The SMILES string of the molecule is [C-]#[N+]c1c(N)sc2c(F)ccc(-c3cc4nc(OCC56CCCN5CC(F)C6)nc(N(CC)C5CN(C(=O)C=C)CC5F)c4cc3Cl)c12. The first-order valence-corrected chi connectivity index (χ1v) is 17.0. The van der Waals surface area contributed by atoms with Crippen LogP contribution in [0.25, 0.3) is 37.0 Å². The van der Waals surface area contributed by atoms with E-state index in [2.05, 4.69) is 16.3 Å². The van der Waals surface area contributed by atoms with Crippen molar-refractivity contribution >= 4 is 66.3 Å². The lowest BCUT2D eigenvalue weighted by Gasteiger charge is -2.32. The number of hydrogen-bond donors (Lipinski definition) is 1. The highest BCUT2D eigenvalue weighted by atomic mass is 35.5. The molecule has 1 amide bonds. The predicted molar refractivity (Wildman–Crippen MR) is 183 cm³/mol. The molecular formula is C34H33ClF3N7O2S. The molecule has 3 fully saturated rings. The Balaban J connectivity index is 1.37. The lowest BCUT2D eigenvalue weighted by atomic mass is 9.95. The second kappa shape index (κ2) is 12.4. The molecule has 0 spiro atoms. The molecular weight excluding hydrogens is 663 g/mol. The van der Waals surface area contributed by atoms with Gasteiger partial charge in [-0.2, -0.15) is 9.97 Å². The van der Waals surface area contributed by atoms with Gasteiger partial charge in [0.1, 0.15) is 30.6 Å². The van der Waals surface area contributed by atoms with E-state index in [1.807, 2.05) is 6.92 Å². The highest BCUT2D eigenvalue weighted by Gasteiger charge is 2.49. The van der Waals surface area contributed by atoms with E-state index in [-0.39, 0.29) is 52.0 Å². The summed E-state index contributed by atoms with van der Waals surface area (Å²) in [5.41, 5.74) is 7.20. The van der Waals surface area contributed by atoms with E-state index in [0.717, 1.165) is 30.7 Å². The van der Waals surface area contributed by atoms with Gasteiger partial charge in [-0.15, -0.1) is 11.3 Å². The third-order valence-corrected chi connectivity index (χ3v) is 11.2. The van der Waals surface area contributed by atoms with Gasteiger partial charge < -0.3 is 20.3 Å². The summed E-state index contributed by atoms with van der Waals surface area (Å²) in [7, 11) is 0. The highest BCUT2D eigenvalue weighted by molar-refractivity contribution is 7.23. The Morgan fingerprint density at radius 2 is 2.10 bits per heavy atom. The Bertz CT molecular complexity index is 2000. The fraction of sp³-hybridized carbons (Fsp3) is 0.412. The molecule has 3 aliphatic heterocycles. The summed E-state index contributed by atoms with van der Waals surface area (Å²) in [6.45, 7) is 14.9. The van der Waals surface area contributed by atoms with Crippen molar-refractivity contribution in [3.63, 3.8) is 0 Å². The van der Waals surface area contributed by atoms with Gasteiger partial charge in [-0.25, -0.2) is 18.0 Å². The number of likely N-dealkylation sites (N-methyl/N-ethyl adjacent to an activating group) is 1. The second-order valence-electron chi connectivity index (χ2n) is 12.6. The number of rotatable bonds is 8. The van der Waals surface area contributed by atoms with E-state index in [1.165, 1.54) is 17.0 Å². The zero-order chi connectivity index (χ0) is 33.9. The summed E-state index contributed by atoms with van der Waals surface area (Å²) < 4.78 is 51.6. The Hall–Kier alpha value is -4.12. The smallest absolute Gasteiger partial charge is 0.319 e. The Morgan fingerprint density at radius 1 is 1.29 bits per heavy atom. The van der Waals surface area contributed by atoms with Crippen LogP contribution >= 0.6 is 22.9 Å². The minimum absolute atomic E-state index is 0.0334. The largest absolute Gasteiger partial charge is 0.461 e. The Labute approximate surface area is 284 Å². The summed E-state index contributed by atoms with van der Waals surface area (Å²) in [5, 5.41) is 1.34. The van der Waals surface area contributed by atoms with Crippen molar-refractivity contribution in [3.8, 4) is 17.1 Å². The van der Waals surface area contributed by atoms with Crippen molar-refractivity contribution in [2.75, 3.05) is 50.0 Å². The fourth-order valence-corrected chi connectivity index (χ4v) is 8.85. The molecule has 3 aliphatic rings. The van der Waals surface area contributed by atoms with Gasteiger partial charge in [-0.3, -0.25) is 9.69 Å². The standard InChI is InChI=1S/C34H33ClF3N7O2S/c1-4-27(46)43-15-24(38)26(16-43)45(5-2)32-21-11-22(35)20(19-7-8-23(37)30-28(19)29(40-3)31(39)48-30)12-25(21)41-33(42-32)47-17-34-9-6-10-44(34)14-18(36)13-34/h4,7-8,11-12,18,24,26H,1,5-6,9-10,13-17,39H2,2H3. The van der Waals surface area contributed by atoms with Crippen LogP contribution in [0.4, 0.5) is 29.7 Å². The van der Waals surface area contributed by atoms with E-state index >= 15 is 4.39 Å². The van der Waals surface area contributed by atoms with Crippen LogP contribution < -0.4 is 15.4 Å². The predicted octanol–water partition coefficient (Wildman–Crippen LogP) is 6.95. The first-order chi connectivity index (χ1) is 23.1. The number of carbonyl (C=O) groups is 1. The summed E-state index contributed by atoms with van der Waals surface area (Å²) in [6, 6.07) is 5.58. The molecule has 14 heteroatoms. The van der Waals surface area contributed by atoms with Crippen LogP contribution in [0.3, 0.4) is 0 Å². The number of fused-ring (bicyclic) bond motifs is 3. The van der Waals surface area contributed by atoms with Crippen molar-refractivity contribution in [2.24, 2.45) is 0 Å². The van der Waals surface area contributed by atoms with E-state index in [9.17, 15) is 13.6 Å². The van der Waals surface area contributed by atoms with Crippen molar-refractivity contribution in [2.45, 2.75) is 50.1 Å². The number of hydrogen-bond acceptors (Lipinski definition) is 8. The number of thiophene rings is 1. The number of nitrogen functional groups attached to an aromatic ring is 1. The summed E-state index contributed by atoms with van der Waals surface area (Å²) in [5.74, 6) is -0.491. The number of carbonyl (C=O) groups excluding carboxylic acids is 1. The molecule has 0 aliphatic carbocycles. The van der Waals surface area contributed by atoms with Crippen molar-refractivity contribution < 1.29 is 22.7 Å². The van der Waals surface area contributed by atoms with Crippen LogP contribution in [0.1, 0.15) is 26.2 Å². The van der Waals surface area contributed by atoms with Gasteiger partial charge >= 0.3 is 6.01 Å². The minimum Gasteiger partial charge on any atom is -0.461 e. The quantitative estimate of drug-likeness (QED) is 0.158. The molecule has 0 bridgehead atoms. The van der Waals surface area contributed by atoms with E-state index in [1.54, 1.807) is 23.1 Å². The lowest BCUT2D eigenvalue weighted by molar-refractivity contribution is -0.125. The average Bonchev–Trinajstić information content (AvgIpc) is 3.81. The molecule has 3 saturated heterocycles. The van der Waals surface area contributed by atoms with Crippen molar-refractivity contribution in [1.82, 2.24) is 19.8 Å². The summed E-state index contributed by atoms with van der Waals surface area (Å²) in [4.78, 5) is 30.9. The number of halogens is 4. The number of amides is 1. The molecule has 4 atom stereocenters. The van der Waals surface area contributed by atoms with Crippen LogP contribution in [0, 0.1) is 12.4 Å². The summed E-state index contributed by atoms with van der Waals surface area (Å²) in [6.07, 6.45) is 0.958. The van der Waals surface area contributed by atoms with Crippen LogP contribution in [0.5, 0.6) is 6.01 Å². The first kappa shape index (κ1) is 32.4. The van der Waals surface area contributed by atoms with Crippen LogP contribution in [0.2, 0.25) is 5.02 Å². The molecule has 5 heterocycles. The third kappa shape index (κ3) is 5.30. The Kier molecular flexibility index (Phi) is 8.38. The Morgan fingerprint density at radius 3 is 2.85 bits per heavy atom. The van der Waals surface area contributed by atoms with E-state index in [4.69, 9.17) is 38.6 Å². The number of aromatic nitrogens is 2. The van der Waals surface area contributed by atoms with Gasteiger partial charge in [-0.05, 0) is 56.1 Å². The maximum atomic E-state index is 15.6. The lowest BCUT2D eigenvalue weighted by Crippen LogP contribution is -2.44. The van der Waals surface area contributed by atoms with E-state index in [0.29, 0.717) is 52.7 Å². The molecule has 9 nitrogen and oxygen atoms in total. The summed E-state index contributed by atoms with van der Waals surface area (Å²) >= 11 is 7.95. The number of nitrogens with two attached hydrogens (primary N) is 1. The maximum absolute atomic E-state index is 15.6. The molecule has 2 N–H and O–H groups in total. The van der Waals surface area contributed by atoms with Gasteiger partial charge in [0.05, 0.1) is 39.9 Å². The molecule has 7 rings (SSSR count). The van der Waals surface area contributed by atoms with Gasteiger partial charge in [-0.1, -0.05) is 24.2 Å². The minimum atomic E-state index is -1.37. The molecule has 0 saturated carbocycles. The monoisotopic (exact) mass is 695 g/mol. The number of nitrogens with zero attached hydrogens (tertiary/aromatic N) is 6. The van der Waals surface area contributed by atoms with Gasteiger partial charge in [0.15, 0.2) is 0 Å². The number of anilines is 2. The van der Waals surface area contributed by atoms with E-state index < -0.39 is 29.7 Å². The van der Waals surface area contributed by atoms with Crippen LogP contribution in [-0.2, 0) is 4.79 Å². The van der Waals surface area contributed by atoms with Crippen LogP contribution in [-0.4, -0.2) is 88.9 Å². The highest BCUT2D eigenvalue weighted by Crippen LogP contribution is 2.48. The normalized spacial score (nSPS) is 23.9. The second-order valence-corrected chi connectivity index (χ2v) is 14.0.